The number of aromatic nitrogens is 4. The first kappa shape index (κ1) is 24.0. The van der Waals surface area contributed by atoms with Gasteiger partial charge >= 0.3 is 5.97 Å². The number of anilines is 1. The number of hydrogen-bond donors (Lipinski definition) is 3. The Labute approximate surface area is 192 Å². The van der Waals surface area contributed by atoms with Crippen LogP contribution in [0.3, 0.4) is 0 Å². The molecular weight excluding hydrogens is 451 g/mol. The highest BCUT2D eigenvalue weighted by atomic mass is 31.1. The van der Waals surface area contributed by atoms with E-state index in [0.717, 1.165) is 12.8 Å². The summed E-state index contributed by atoms with van der Waals surface area (Å²) in [6.07, 6.45) is 2.97. The lowest BCUT2D eigenvalue weighted by Gasteiger charge is -2.18. The molecule has 2 aromatic rings. The van der Waals surface area contributed by atoms with Gasteiger partial charge in [-0.1, -0.05) is 6.92 Å². The van der Waals surface area contributed by atoms with Gasteiger partial charge in [-0.2, -0.15) is 0 Å². The predicted molar refractivity (Wildman–Crippen MR) is 120 cm³/mol. The lowest BCUT2D eigenvalue weighted by Crippen LogP contribution is -2.33. The van der Waals surface area contributed by atoms with Crippen molar-refractivity contribution in [3.8, 4) is 0 Å². The zero-order valence-corrected chi connectivity index (χ0v) is 20.1. The van der Waals surface area contributed by atoms with Crippen molar-refractivity contribution in [3.63, 3.8) is 0 Å². The Kier molecular flexibility index (Phi) is 7.30. The van der Waals surface area contributed by atoms with E-state index >= 15 is 0 Å². The van der Waals surface area contributed by atoms with E-state index in [-0.39, 0.29) is 18.6 Å². The number of aliphatic hydroxyl groups is 1. The number of fused-ring (bicyclic) bond motifs is 1. The number of hydrogen-bond acceptors (Lipinski definition) is 10. The molecule has 0 radical (unpaired) electrons. The van der Waals surface area contributed by atoms with Crippen molar-refractivity contribution in [3.05, 3.63) is 12.7 Å². The summed E-state index contributed by atoms with van der Waals surface area (Å²) in [7, 11) is -2.75. The number of nitrogens with zero attached hydrogens (tertiary/aromatic N) is 4. The summed E-state index contributed by atoms with van der Waals surface area (Å²) >= 11 is 0. The fourth-order valence-corrected chi connectivity index (χ4v) is 4.55. The number of imidazole rings is 1. The van der Waals surface area contributed by atoms with Gasteiger partial charge in [-0.25, -0.2) is 20.0 Å². The molecule has 0 amide bonds. The van der Waals surface area contributed by atoms with Crippen LogP contribution in [0.25, 0.3) is 11.2 Å². The van der Waals surface area contributed by atoms with E-state index in [2.05, 4.69) is 25.4 Å². The van der Waals surface area contributed by atoms with Crippen molar-refractivity contribution >= 4 is 31.1 Å². The van der Waals surface area contributed by atoms with Crippen LogP contribution in [0.15, 0.2) is 12.7 Å². The molecule has 0 spiro atoms. The number of aliphatic hydroxyl groups excluding tert-OH is 1. The van der Waals surface area contributed by atoms with Crippen molar-refractivity contribution in [1.29, 1.82) is 0 Å². The maximum Gasteiger partial charge on any atom is 0.323 e. The fourth-order valence-electron chi connectivity index (χ4n) is 3.68. The first-order chi connectivity index (χ1) is 15.7. The van der Waals surface area contributed by atoms with Crippen LogP contribution in [0.1, 0.15) is 46.8 Å². The molecule has 33 heavy (non-hydrogen) atoms. The maximum absolute atomic E-state index is 12.3. The van der Waals surface area contributed by atoms with E-state index in [1.54, 1.807) is 31.7 Å². The summed E-state index contributed by atoms with van der Waals surface area (Å²) in [6.45, 7) is 6.78. The Hall–Kier alpha value is -2.11. The van der Waals surface area contributed by atoms with Gasteiger partial charge in [0, 0.05) is 12.0 Å². The number of carbonyl (C=O) groups is 1. The average molecular weight is 482 g/mol. The molecule has 2 fully saturated rings. The van der Waals surface area contributed by atoms with Crippen LogP contribution in [-0.2, 0) is 23.4 Å². The lowest BCUT2D eigenvalue weighted by atomic mass is 10.0. The minimum atomic E-state index is -2.75. The summed E-state index contributed by atoms with van der Waals surface area (Å²) in [5, 5.41) is 16.6. The van der Waals surface area contributed by atoms with Gasteiger partial charge in [0.25, 0.3) is 8.18 Å². The van der Waals surface area contributed by atoms with E-state index < -0.39 is 38.6 Å². The Balaban J connectivity index is 1.37. The molecule has 2 aliphatic rings. The second-order valence-electron chi connectivity index (χ2n) is 8.83. The van der Waals surface area contributed by atoms with E-state index in [4.69, 9.17) is 14.0 Å². The van der Waals surface area contributed by atoms with E-state index in [9.17, 15) is 14.5 Å². The topological polar surface area (TPSA) is 150 Å². The SMILES string of the molecule is CC(C)OC(=O)[C@@H](C)N[PH](=O)OC[C@H]1O[C@@H](n2cnc3c(NC4CC4)ncnc32)[C@@H](C)[C@@H]1O. The molecule has 1 unspecified atom stereocenters. The highest BCUT2D eigenvalue weighted by molar-refractivity contribution is 7.36. The zero-order chi connectivity index (χ0) is 23.7. The van der Waals surface area contributed by atoms with Gasteiger partial charge in [0.05, 0.1) is 25.1 Å². The van der Waals surface area contributed by atoms with Crippen LogP contribution in [-0.4, -0.2) is 67.6 Å². The molecule has 12 nitrogen and oxygen atoms in total. The van der Waals surface area contributed by atoms with Gasteiger partial charge in [-0.15, -0.1) is 0 Å². The smallest absolute Gasteiger partial charge is 0.323 e. The molecule has 3 heterocycles. The summed E-state index contributed by atoms with van der Waals surface area (Å²) in [6, 6.07) is -0.361. The molecule has 1 aliphatic carbocycles. The van der Waals surface area contributed by atoms with E-state index in [0.29, 0.717) is 23.0 Å². The second-order valence-corrected chi connectivity index (χ2v) is 9.98. The van der Waals surface area contributed by atoms with Crippen LogP contribution < -0.4 is 10.4 Å². The molecule has 2 aromatic heterocycles. The minimum absolute atomic E-state index is 0.102. The number of carbonyl (C=O) groups excluding carboxylic acids is 1. The first-order valence-corrected chi connectivity index (χ1v) is 12.5. The van der Waals surface area contributed by atoms with Crippen LogP contribution in [0, 0.1) is 5.92 Å². The van der Waals surface area contributed by atoms with Gasteiger partial charge < -0.3 is 24.4 Å². The number of nitrogens with one attached hydrogen (secondary N) is 2. The maximum atomic E-state index is 12.3. The molecule has 1 aliphatic heterocycles. The molecular formula is C20H31N6O6P. The standard InChI is InChI=1S/C20H31N6O6P/c1-10(2)31-20(28)12(4)25-33(29)30-7-14-16(27)11(3)19(32-14)26-9-23-15-17(24-13-5-6-13)21-8-22-18(15)26/h8-14,16,19,27,33H,5-7H2,1-4H3,(H,25,29)(H,21,22,24)/t11-,12+,14+,16-,19+/m0/s1. The predicted octanol–water partition coefficient (Wildman–Crippen LogP) is 1.63. The molecule has 0 aromatic carbocycles. The van der Waals surface area contributed by atoms with Gasteiger partial charge in [-0.05, 0) is 33.6 Å². The quantitative estimate of drug-likeness (QED) is 0.335. The van der Waals surface area contributed by atoms with Crippen molar-refractivity contribution in [2.24, 2.45) is 5.92 Å². The Bertz CT molecular complexity index is 1010. The van der Waals surface area contributed by atoms with Crippen molar-refractivity contribution < 1.29 is 28.5 Å². The molecule has 1 saturated heterocycles. The molecule has 4 rings (SSSR count). The minimum Gasteiger partial charge on any atom is -0.462 e. The van der Waals surface area contributed by atoms with Gasteiger partial charge in [0.15, 0.2) is 17.0 Å². The first-order valence-electron chi connectivity index (χ1n) is 11.2. The summed E-state index contributed by atoms with van der Waals surface area (Å²) < 4.78 is 30.5. The highest BCUT2D eigenvalue weighted by Gasteiger charge is 2.43. The number of rotatable bonds is 10. The molecule has 6 atom stereocenters. The Morgan fingerprint density at radius 3 is 2.79 bits per heavy atom. The van der Waals surface area contributed by atoms with Crippen LogP contribution in [0.5, 0.6) is 0 Å². The zero-order valence-electron chi connectivity index (χ0n) is 19.1. The van der Waals surface area contributed by atoms with Crippen LogP contribution >= 0.6 is 8.18 Å². The molecule has 182 valence electrons. The van der Waals surface area contributed by atoms with Crippen LogP contribution in [0.2, 0.25) is 0 Å². The molecule has 3 N–H and O–H groups in total. The lowest BCUT2D eigenvalue weighted by molar-refractivity contribution is -0.149. The molecule has 0 bridgehead atoms. The monoisotopic (exact) mass is 482 g/mol. The second kappa shape index (κ2) is 10.0. The normalized spacial score (nSPS) is 27.1. The van der Waals surface area contributed by atoms with E-state index in [1.165, 1.54) is 6.33 Å². The number of esters is 1. The molecule has 13 heteroatoms. The van der Waals surface area contributed by atoms with Crippen molar-refractivity contribution in [1.82, 2.24) is 24.6 Å². The third-order valence-corrected chi connectivity index (χ3v) is 6.75. The average Bonchev–Trinajstić information content (AvgIpc) is 3.40. The number of ether oxygens (including phenoxy) is 2. The Morgan fingerprint density at radius 1 is 1.33 bits per heavy atom. The van der Waals surface area contributed by atoms with Crippen molar-refractivity contribution in [2.45, 2.75) is 77.2 Å². The van der Waals surface area contributed by atoms with Gasteiger partial charge in [0.2, 0.25) is 0 Å². The largest absolute Gasteiger partial charge is 0.462 e. The third kappa shape index (κ3) is 5.52. The van der Waals surface area contributed by atoms with Gasteiger partial charge in [-0.3, -0.25) is 13.9 Å². The molecule has 1 saturated carbocycles. The highest BCUT2D eigenvalue weighted by Crippen LogP contribution is 2.38. The summed E-state index contributed by atoms with van der Waals surface area (Å²) in [5.74, 6) is -0.120. The summed E-state index contributed by atoms with van der Waals surface area (Å²) in [5.41, 5.74) is 1.25. The third-order valence-electron chi connectivity index (χ3n) is 5.65. The van der Waals surface area contributed by atoms with Crippen LogP contribution in [0.4, 0.5) is 5.82 Å². The Morgan fingerprint density at radius 2 is 2.09 bits per heavy atom. The van der Waals surface area contributed by atoms with E-state index in [1.807, 2.05) is 6.92 Å². The fraction of sp³-hybridized carbons (Fsp3) is 0.700. The summed E-state index contributed by atoms with van der Waals surface area (Å²) in [4.78, 5) is 25.0. The van der Waals surface area contributed by atoms with Gasteiger partial charge in [0.1, 0.15) is 24.7 Å². The van der Waals surface area contributed by atoms with Crippen molar-refractivity contribution in [2.75, 3.05) is 11.9 Å².